The van der Waals surface area contributed by atoms with Gasteiger partial charge in [0.2, 0.25) is 11.6 Å². The van der Waals surface area contributed by atoms with Crippen LogP contribution in [0, 0.1) is 11.8 Å². The van der Waals surface area contributed by atoms with E-state index in [0.29, 0.717) is 33.4 Å². The van der Waals surface area contributed by atoms with Gasteiger partial charge in [-0.2, -0.15) is 0 Å². The Morgan fingerprint density at radius 1 is 1.26 bits per heavy atom. The van der Waals surface area contributed by atoms with E-state index in [2.05, 4.69) is 36.5 Å². The maximum Gasteiger partial charge on any atom is 0.439 e. The number of nitrogens with zero attached hydrogens (tertiary/aromatic N) is 5. The van der Waals surface area contributed by atoms with E-state index in [1.54, 1.807) is 18.5 Å². The Labute approximate surface area is 182 Å². The van der Waals surface area contributed by atoms with Crippen molar-refractivity contribution >= 4 is 22.8 Å². The Balaban J connectivity index is 1.67. The lowest BCUT2D eigenvalue weighted by atomic mass is 9.83. The number of aromatic hydroxyl groups is 1. The van der Waals surface area contributed by atoms with E-state index in [-0.39, 0.29) is 17.4 Å². The second-order valence-corrected chi connectivity index (χ2v) is 8.63. The standard InChI is InChI=1S/C21H21ClN6O3/c1-11-2-4-12(5-3-11)9-28-10-23-18-17(28)16(14-8-13(22)6-7-15(14)29)24-19(25-18)20-26-21(30)31-27-20/h6-8,10-12,29H,2-5,9H2,1H3,(H,26,27,30)/t11-,12-. The van der Waals surface area contributed by atoms with Crippen molar-refractivity contribution in [1.29, 1.82) is 0 Å². The van der Waals surface area contributed by atoms with Gasteiger partial charge in [-0.05, 0) is 42.9 Å². The number of phenols is 1. The maximum atomic E-state index is 11.4. The van der Waals surface area contributed by atoms with Gasteiger partial charge in [0.25, 0.3) is 0 Å². The topological polar surface area (TPSA) is 123 Å². The van der Waals surface area contributed by atoms with Crippen LogP contribution in [0.25, 0.3) is 34.1 Å². The van der Waals surface area contributed by atoms with Gasteiger partial charge in [0.05, 0.1) is 6.33 Å². The fourth-order valence-corrected chi connectivity index (χ4v) is 4.40. The van der Waals surface area contributed by atoms with Gasteiger partial charge in [-0.1, -0.05) is 36.5 Å². The van der Waals surface area contributed by atoms with Crippen molar-refractivity contribution in [3.63, 3.8) is 0 Å². The molecule has 160 valence electrons. The summed E-state index contributed by atoms with van der Waals surface area (Å²) in [6.07, 6.45) is 6.52. The van der Waals surface area contributed by atoms with E-state index in [9.17, 15) is 9.90 Å². The number of rotatable bonds is 4. The summed E-state index contributed by atoms with van der Waals surface area (Å²) < 4.78 is 6.64. The van der Waals surface area contributed by atoms with Gasteiger partial charge < -0.3 is 9.67 Å². The third kappa shape index (κ3) is 3.81. The molecule has 9 nitrogen and oxygen atoms in total. The first-order chi connectivity index (χ1) is 15.0. The van der Waals surface area contributed by atoms with E-state index >= 15 is 0 Å². The van der Waals surface area contributed by atoms with E-state index < -0.39 is 5.76 Å². The Morgan fingerprint density at radius 2 is 2.06 bits per heavy atom. The minimum absolute atomic E-state index is 0.0308. The highest BCUT2D eigenvalue weighted by molar-refractivity contribution is 6.31. The van der Waals surface area contributed by atoms with E-state index in [1.165, 1.54) is 18.9 Å². The summed E-state index contributed by atoms with van der Waals surface area (Å²) in [5.74, 6) is 0.868. The molecule has 1 aromatic carbocycles. The molecule has 0 aliphatic heterocycles. The average molecular weight is 441 g/mol. The quantitative estimate of drug-likeness (QED) is 0.491. The molecule has 0 bridgehead atoms. The summed E-state index contributed by atoms with van der Waals surface area (Å²) >= 11 is 6.21. The van der Waals surface area contributed by atoms with Crippen LogP contribution < -0.4 is 5.76 Å². The summed E-state index contributed by atoms with van der Waals surface area (Å²) in [6.45, 7) is 3.09. The smallest absolute Gasteiger partial charge is 0.439 e. The monoisotopic (exact) mass is 440 g/mol. The molecule has 0 unspecified atom stereocenters. The van der Waals surface area contributed by atoms with Crippen molar-refractivity contribution < 1.29 is 9.63 Å². The molecular weight excluding hydrogens is 420 g/mol. The van der Waals surface area contributed by atoms with Crippen LogP contribution in [0.2, 0.25) is 5.02 Å². The summed E-state index contributed by atoms with van der Waals surface area (Å²) in [7, 11) is 0. The lowest BCUT2D eigenvalue weighted by Crippen LogP contribution is -2.17. The van der Waals surface area contributed by atoms with Gasteiger partial charge in [-0.3, -0.25) is 9.51 Å². The third-order valence-corrected chi connectivity index (χ3v) is 6.16. The zero-order valence-corrected chi connectivity index (χ0v) is 17.6. The zero-order chi connectivity index (χ0) is 21.5. The van der Waals surface area contributed by atoms with Crippen molar-refractivity contribution in [3.05, 3.63) is 40.1 Å². The number of H-pyrrole nitrogens is 1. The first-order valence-corrected chi connectivity index (χ1v) is 10.6. The lowest BCUT2D eigenvalue weighted by molar-refractivity contribution is 0.266. The Bertz CT molecular complexity index is 1300. The number of nitrogens with one attached hydrogen (secondary N) is 1. The van der Waals surface area contributed by atoms with Gasteiger partial charge in [-0.15, -0.1) is 0 Å². The minimum atomic E-state index is -0.706. The molecular formula is C21H21ClN6O3. The van der Waals surface area contributed by atoms with Gasteiger partial charge >= 0.3 is 5.76 Å². The highest BCUT2D eigenvalue weighted by Gasteiger charge is 2.23. The highest BCUT2D eigenvalue weighted by Crippen LogP contribution is 2.36. The van der Waals surface area contributed by atoms with E-state index in [1.807, 2.05) is 4.57 Å². The second-order valence-electron chi connectivity index (χ2n) is 8.20. The summed E-state index contributed by atoms with van der Waals surface area (Å²) in [5.41, 5.74) is 2.05. The largest absolute Gasteiger partial charge is 0.507 e. The molecule has 0 radical (unpaired) electrons. The van der Waals surface area contributed by atoms with Crippen LogP contribution in [0.5, 0.6) is 5.75 Å². The van der Waals surface area contributed by atoms with Crippen LogP contribution in [-0.4, -0.2) is 34.8 Å². The SMILES string of the molecule is C[C@H]1CC[C@H](Cn2cnc3nc(-c4noc(=O)[nH]4)nc(-c4cc(Cl)ccc4O)c32)CC1. The van der Waals surface area contributed by atoms with E-state index in [0.717, 1.165) is 25.3 Å². The molecule has 1 fully saturated rings. The van der Waals surface area contributed by atoms with Crippen molar-refractivity contribution in [3.8, 4) is 28.7 Å². The van der Waals surface area contributed by atoms with Crippen LogP contribution in [0.15, 0.2) is 33.8 Å². The van der Waals surface area contributed by atoms with Crippen LogP contribution in [0.3, 0.4) is 0 Å². The van der Waals surface area contributed by atoms with Gasteiger partial charge in [0, 0.05) is 17.1 Å². The predicted molar refractivity (Wildman–Crippen MR) is 115 cm³/mol. The molecule has 5 rings (SSSR count). The number of aromatic nitrogens is 6. The van der Waals surface area contributed by atoms with Crippen molar-refractivity contribution in [2.24, 2.45) is 11.8 Å². The molecule has 0 spiro atoms. The first-order valence-electron chi connectivity index (χ1n) is 10.3. The van der Waals surface area contributed by atoms with Crippen molar-refractivity contribution in [1.82, 2.24) is 29.7 Å². The maximum absolute atomic E-state index is 11.4. The van der Waals surface area contributed by atoms with Crippen molar-refractivity contribution in [2.75, 3.05) is 0 Å². The molecule has 1 saturated carbocycles. The molecule has 31 heavy (non-hydrogen) atoms. The van der Waals surface area contributed by atoms with Crippen LogP contribution in [0.4, 0.5) is 0 Å². The molecule has 3 heterocycles. The third-order valence-electron chi connectivity index (χ3n) is 5.93. The number of imidazole rings is 1. The number of hydrogen-bond donors (Lipinski definition) is 2. The summed E-state index contributed by atoms with van der Waals surface area (Å²) in [5, 5.41) is 14.7. The molecule has 0 amide bonds. The lowest BCUT2D eigenvalue weighted by Gasteiger charge is -2.26. The number of halogens is 1. The Hall–Kier alpha value is -3.20. The van der Waals surface area contributed by atoms with Crippen LogP contribution in [0.1, 0.15) is 32.6 Å². The molecule has 0 saturated heterocycles. The van der Waals surface area contributed by atoms with Crippen LogP contribution >= 0.6 is 11.6 Å². The highest BCUT2D eigenvalue weighted by atomic mass is 35.5. The molecule has 10 heteroatoms. The Kier molecular flexibility index (Phi) is 4.97. The average Bonchev–Trinajstić information content (AvgIpc) is 3.37. The van der Waals surface area contributed by atoms with Crippen molar-refractivity contribution in [2.45, 2.75) is 39.2 Å². The molecule has 1 aliphatic rings. The number of benzene rings is 1. The summed E-state index contributed by atoms with van der Waals surface area (Å²) in [6, 6.07) is 4.77. The first kappa shape index (κ1) is 19.7. The molecule has 2 N–H and O–H groups in total. The summed E-state index contributed by atoms with van der Waals surface area (Å²) in [4.78, 5) is 27.4. The van der Waals surface area contributed by atoms with Gasteiger partial charge in [-0.25, -0.2) is 19.7 Å². The molecule has 0 atom stereocenters. The van der Waals surface area contributed by atoms with Crippen LogP contribution in [-0.2, 0) is 6.54 Å². The van der Waals surface area contributed by atoms with Gasteiger partial charge in [0.15, 0.2) is 5.65 Å². The second kappa shape index (κ2) is 7.81. The fraction of sp³-hybridized carbons (Fsp3) is 0.381. The molecule has 4 aromatic rings. The molecule has 3 aromatic heterocycles. The number of fused-ring (bicyclic) bond motifs is 1. The Morgan fingerprint density at radius 3 is 2.81 bits per heavy atom. The normalized spacial score (nSPS) is 19.2. The van der Waals surface area contributed by atoms with E-state index in [4.69, 9.17) is 11.6 Å². The fourth-order valence-electron chi connectivity index (χ4n) is 4.23. The zero-order valence-electron chi connectivity index (χ0n) is 16.9. The van der Waals surface area contributed by atoms with Gasteiger partial charge in [0.1, 0.15) is 17.0 Å². The number of aromatic amines is 1. The number of phenolic OH excluding ortho intramolecular Hbond substituents is 1. The minimum Gasteiger partial charge on any atom is -0.507 e. The predicted octanol–water partition coefficient (Wildman–Crippen LogP) is 4.02. The molecule has 1 aliphatic carbocycles. The number of hydrogen-bond acceptors (Lipinski definition) is 7.